The van der Waals surface area contributed by atoms with E-state index in [0.717, 1.165) is 11.3 Å². The minimum absolute atomic E-state index is 0.0191. The quantitative estimate of drug-likeness (QED) is 0.815. The molecule has 1 N–H and O–H groups in total. The Labute approximate surface area is 142 Å². The van der Waals surface area contributed by atoms with Gasteiger partial charge in [0, 0.05) is 4.88 Å². The van der Waals surface area contributed by atoms with Gasteiger partial charge in [0.05, 0.1) is 11.4 Å². The molecule has 0 radical (unpaired) electrons. The molecule has 0 atom stereocenters. The Balaban J connectivity index is 1.70. The number of ether oxygens (including phenoxy) is 2. The van der Waals surface area contributed by atoms with Gasteiger partial charge in [-0.3, -0.25) is 4.79 Å². The van der Waals surface area contributed by atoms with Crippen molar-refractivity contribution in [2.24, 2.45) is 0 Å². The van der Waals surface area contributed by atoms with Crippen LogP contribution >= 0.6 is 11.3 Å². The number of alkyl halides is 5. The van der Waals surface area contributed by atoms with Gasteiger partial charge in [0.2, 0.25) is 6.79 Å². The number of hydrogen-bond donors (Lipinski definition) is 1. The van der Waals surface area contributed by atoms with Crippen molar-refractivity contribution in [3.8, 4) is 21.9 Å². The van der Waals surface area contributed by atoms with Gasteiger partial charge in [-0.05, 0) is 35.9 Å². The summed E-state index contributed by atoms with van der Waals surface area (Å²) in [6.45, 7) is -1.71. The molecule has 1 amide bonds. The van der Waals surface area contributed by atoms with Crippen LogP contribution in [0.4, 0.5) is 22.0 Å². The van der Waals surface area contributed by atoms with Gasteiger partial charge >= 0.3 is 12.1 Å². The summed E-state index contributed by atoms with van der Waals surface area (Å²) in [5.41, 5.74) is 0.703. The second-order valence-electron chi connectivity index (χ2n) is 5.12. The summed E-state index contributed by atoms with van der Waals surface area (Å²) in [5, 5.41) is 1.61. The lowest BCUT2D eigenvalue weighted by Gasteiger charge is -2.19. The van der Waals surface area contributed by atoms with Crippen molar-refractivity contribution in [2.75, 3.05) is 13.3 Å². The maximum atomic E-state index is 12.8. The molecule has 1 aromatic heterocycles. The monoisotopic (exact) mass is 379 g/mol. The Bertz CT molecular complexity index is 803. The molecule has 0 aliphatic carbocycles. The van der Waals surface area contributed by atoms with E-state index in [1.165, 1.54) is 6.07 Å². The molecule has 0 unspecified atom stereocenters. The number of hydrogen-bond acceptors (Lipinski definition) is 4. The average molecular weight is 379 g/mol. The van der Waals surface area contributed by atoms with Crippen molar-refractivity contribution < 1.29 is 36.2 Å². The van der Waals surface area contributed by atoms with Crippen molar-refractivity contribution in [3.05, 3.63) is 35.2 Å². The first-order chi connectivity index (χ1) is 11.7. The van der Waals surface area contributed by atoms with Crippen LogP contribution < -0.4 is 14.8 Å². The number of halogens is 5. The highest BCUT2D eigenvalue weighted by Gasteiger charge is 2.57. The molecule has 2 aromatic rings. The van der Waals surface area contributed by atoms with Gasteiger partial charge in [0.15, 0.2) is 11.5 Å². The number of rotatable bonds is 4. The van der Waals surface area contributed by atoms with Crippen LogP contribution in [0.25, 0.3) is 10.4 Å². The molecule has 0 saturated heterocycles. The number of amides is 1. The zero-order valence-corrected chi connectivity index (χ0v) is 13.1. The van der Waals surface area contributed by atoms with E-state index in [1.54, 1.807) is 29.6 Å². The predicted molar refractivity (Wildman–Crippen MR) is 79.2 cm³/mol. The summed E-state index contributed by atoms with van der Waals surface area (Å²) < 4.78 is 72.4. The molecule has 1 aliphatic heterocycles. The van der Waals surface area contributed by atoms with E-state index in [0.29, 0.717) is 21.9 Å². The Morgan fingerprint density at radius 3 is 2.52 bits per heavy atom. The van der Waals surface area contributed by atoms with Gasteiger partial charge in [0.25, 0.3) is 5.91 Å². The highest BCUT2D eigenvalue weighted by atomic mass is 32.1. The van der Waals surface area contributed by atoms with E-state index in [9.17, 15) is 26.7 Å². The second kappa shape index (κ2) is 6.17. The smallest absolute Gasteiger partial charge is 0.454 e. The number of fused-ring (bicyclic) bond motifs is 1. The number of benzene rings is 1. The third-order valence-corrected chi connectivity index (χ3v) is 4.51. The maximum absolute atomic E-state index is 12.8. The Morgan fingerprint density at radius 2 is 1.80 bits per heavy atom. The number of thiophene rings is 1. The first-order valence-electron chi connectivity index (χ1n) is 6.90. The van der Waals surface area contributed by atoms with Crippen LogP contribution in [-0.2, 0) is 0 Å². The summed E-state index contributed by atoms with van der Waals surface area (Å²) in [6.07, 6.45) is -5.71. The minimum Gasteiger partial charge on any atom is -0.454 e. The fourth-order valence-electron chi connectivity index (χ4n) is 2.04. The van der Waals surface area contributed by atoms with Crippen LogP contribution in [0.5, 0.6) is 11.5 Å². The second-order valence-corrected chi connectivity index (χ2v) is 6.20. The topological polar surface area (TPSA) is 47.6 Å². The summed E-state index contributed by atoms with van der Waals surface area (Å²) in [4.78, 5) is 12.5. The molecule has 3 rings (SSSR count). The number of nitrogens with one attached hydrogen (secondary N) is 1. The SMILES string of the molecule is O=C(NCC(F)(F)C(F)(F)F)c1ccc(-c2ccc3c(c2)OCO3)s1. The fraction of sp³-hybridized carbons (Fsp3) is 0.267. The zero-order chi connectivity index (χ0) is 18.2. The van der Waals surface area contributed by atoms with E-state index < -0.39 is 24.6 Å². The summed E-state index contributed by atoms with van der Waals surface area (Å²) in [7, 11) is 0. The van der Waals surface area contributed by atoms with E-state index in [1.807, 2.05) is 0 Å². The molecule has 0 spiro atoms. The standard InChI is InChI=1S/C15H10F5NO3S/c16-14(17,15(18,19)20)6-21-13(22)12-4-3-11(25-12)8-1-2-9-10(5-8)24-7-23-9/h1-5H,6-7H2,(H,21,22). The largest absolute Gasteiger partial charge is 0.455 e. The fourth-order valence-corrected chi connectivity index (χ4v) is 2.96. The van der Waals surface area contributed by atoms with E-state index in [4.69, 9.17) is 9.47 Å². The van der Waals surface area contributed by atoms with Gasteiger partial charge in [-0.1, -0.05) is 0 Å². The molecule has 0 fully saturated rings. The van der Waals surface area contributed by atoms with Crippen LogP contribution in [0.2, 0.25) is 0 Å². The van der Waals surface area contributed by atoms with Gasteiger partial charge < -0.3 is 14.8 Å². The Hall–Kier alpha value is -2.36. The Morgan fingerprint density at radius 1 is 1.08 bits per heavy atom. The molecule has 134 valence electrons. The highest BCUT2D eigenvalue weighted by molar-refractivity contribution is 7.17. The van der Waals surface area contributed by atoms with Crippen molar-refractivity contribution in [3.63, 3.8) is 0 Å². The minimum atomic E-state index is -5.71. The van der Waals surface area contributed by atoms with Crippen LogP contribution in [0.1, 0.15) is 9.67 Å². The molecule has 0 saturated carbocycles. The van der Waals surface area contributed by atoms with Gasteiger partial charge in [-0.15, -0.1) is 11.3 Å². The predicted octanol–water partition coefficient (Wildman–Crippen LogP) is 4.07. The third kappa shape index (κ3) is 3.53. The van der Waals surface area contributed by atoms with Gasteiger partial charge in [-0.2, -0.15) is 22.0 Å². The summed E-state index contributed by atoms with van der Waals surface area (Å²) in [6, 6.07) is 8.01. The van der Waals surface area contributed by atoms with Crippen molar-refractivity contribution in [1.29, 1.82) is 0 Å². The molecule has 4 nitrogen and oxygen atoms in total. The lowest BCUT2D eigenvalue weighted by molar-refractivity contribution is -0.278. The van der Waals surface area contributed by atoms with Crippen LogP contribution in [0, 0.1) is 0 Å². The highest BCUT2D eigenvalue weighted by Crippen LogP contribution is 2.38. The van der Waals surface area contributed by atoms with E-state index >= 15 is 0 Å². The molecular formula is C15H10F5NO3S. The van der Waals surface area contributed by atoms with E-state index in [2.05, 4.69) is 0 Å². The van der Waals surface area contributed by atoms with E-state index in [-0.39, 0.29) is 11.7 Å². The van der Waals surface area contributed by atoms with Crippen molar-refractivity contribution >= 4 is 17.2 Å². The van der Waals surface area contributed by atoms with Gasteiger partial charge in [-0.25, -0.2) is 0 Å². The number of carbonyl (C=O) groups is 1. The molecule has 1 aromatic carbocycles. The van der Waals surface area contributed by atoms with Crippen LogP contribution in [0.15, 0.2) is 30.3 Å². The van der Waals surface area contributed by atoms with Crippen molar-refractivity contribution in [2.45, 2.75) is 12.1 Å². The molecule has 1 aliphatic rings. The first-order valence-corrected chi connectivity index (χ1v) is 7.72. The molecule has 10 heteroatoms. The molecule has 25 heavy (non-hydrogen) atoms. The Kier molecular flexibility index (Phi) is 4.31. The summed E-state index contributed by atoms with van der Waals surface area (Å²) in [5.74, 6) is -4.88. The number of carbonyl (C=O) groups excluding carboxylic acids is 1. The first kappa shape index (κ1) is 17.5. The molecule has 2 heterocycles. The van der Waals surface area contributed by atoms with Gasteiger partial charge in [0.1, 0.15) is 0 Å². The third-order valence-electron chi connectivity index (χ3n) is 3.37. The lowest BCUT2D eigenvalue weighted by Crippen LogP contribution is -2.46. The summed E-state index contributed by atoms with van der Waals surface area (Å²) >= 11 is 0.963. The van der Waals surface area contributed by atoms with Crippen LogP contribution in [-0.4, -0.2) is 31.3 Å². The normalized spacial score (nSPS) is 13.8. The maximum Gasteiger partial charge on any atom is 0.455 e. The van der Waals surface area contributed by atoms with Crippen molar-refractivity contribution in [1.82, 2.24) is 5.32 Å². The zero-order valence-electron chi connectivity index (χ0n) is 12.3. The average Bonchev–Trinajstić information content (AvgIpc) is 3.19. The van der Waals surface area contributed by atoms with Crippen LogP contribution in [0.3, 0.4) is 0 Å². The molecular weight excluding hydrogens is 369 g/mol. The lowest BCUT2D eigenvalue weighted by atomic mass is 10.1. The molecule has 0 bridgehead atoms.